The van der Waals surface area contributed by atoms with E-state index in [0.29, 0.717) is 19.8 Å². The number of anilines is 1. The minimum Gasteiger partial charge on any atom is -0.378 e. The van der Waals surface area contributed by atoms with E-state index < -0.39 is 5.91 Å². The maximum atomic E-state index is 12.3. The molecule has 2 aliphatic heterocycles. The number of piperidine rings is 1. The SMILES string of the molecule is Cc1nc(C2CCCN(C(=O)CCC(N)=O)C2)cc(N2CCOCC2)n1. The van der Waals surface area contributed by atoms with Crippen LogP contribution in [0.25, 0.3) is 0 Å². The van der Waals surface area contributed by atoms with Crippen LogP contribution in [0.15, 0.2) is 6.07 Å². The average Bonchev–Trinajstić information content (AvgIpc) is 2.66. The van der Waals surface area contributed by atoms with E-state index in [4.69, 9.17) is 10.5 Å². The van der Waals surface area contributed by atoms with E-state index >= 15 is 0 Å². The molecule has 8 heteroatoms. The first-order valence-electron chi connectivity index (χ1n) is 9.27. The second-order valence-electron chi connectivity index (χ2n) is 6.94. The summed E-state index contributed by atoms with van der Waals surface area (Å²) in [4.78, 5) is 36.5. The number of hydrogen-bond donors (Lipinski definition) is 1. The molecule has 0 radical (unpaired) electrons. The van der Waals surface area contributed by atoms with E-state index in [1.807, 2.05) is 11.8 Å². The summed E-state index contributed by atoms with van der Waals surface area (Å²) < 4.78 is 5.42. The number of aromatic nitrogens is 2. The number of hydrogen-bond acceptors (Lipinski definition) is 6. The van der Waals surface area contributed by atoms with Gasteiger partial charge in [-0.15, -0.1) is 0 Å². The zero-order chi connectivity index (χ0) is 18.5. The number of rotatable bonds is 5. The van der Waals surface area contributed by atoms with Crippen molar-refractivity contribution in [1.29, 1.82) is 0 Å². The molecule has 2 N–H and O–H groups in total. The first-order chi connectivity index (χ1) is 12.5. The summed E-state index contributed by atoms with van der Waals surface area (Å²) >= 11 is 0. The highest BCUT2D eigenvalue weighted by Gasteiger charge is 2.27. The van der Waals surface area contributed by atoms with Gasteiger partial charge in [-0.05, 0) is 19.8 Å². The van der Waals surface area contributed by atoms with Crippen molar-refractivity contribution in [2.24, 2.45) is 5.73 Å². The lowest BCUT2D eigenvalue weighted by Gasteiger charge is -2.33. The second kappa shape index (κ2) is 8.44. The van der Waals surface area contributed by atoms with E-state index in [9.17, 15) is 9.59 Å². The normalized spacial score (nSPS) is 20.9. The van der Waals surface area contributed by atoms with Crippen molar-refractivity contribution in [1.82, 2.24) is 14.9 Å². The molecule has 0 aromatic carbocycles. The lowest BCUT2D eigenvalue weighted by Crippen LogP contribution is -2.40. The largest absolute Gasteiger partial charge is 0.378 e. The van der Waals surface area contributed by atoms with Crippen LogP contribution in [0.3, 0.4) is 0 Å². The number of primary amides is 1. The van der Waals surface area contributed by atoms with Crippen LogP contribution in [-0.2, 0) is 14.3 Å². The van der Waals surface area contributed by atoms with Crippen molar-refractivity contribution in [3.8, 4) is 0 Å². The first kappa shape index (κ1) is 18.6. The van der Waals surface area contributed by atoms with Gasteiger partial charge in [0.25, 0.3) is 0 Å². The lowest BCUT2D eigenvalue weighted by molar-refractivity contribution is -0.134. The van der Waals surface area contributed by atoms with Crippen molar-refractivity contribution in [3.63, 3.8) is 0 Å². The monoisotopic (exact) mass is 361 g/mol. The third-order valence-corrected chi connectivity index (χ3v) is 4.96. The predicted octanol–water partition coefficient (Wildman–Crippen LogP) is 0.593. The number of aryl methyl sites for hydroxylation is 1. The Morgan fingerprint density at radius 1 is 1.23 bits per heavy atom. The van der Waals surface area contributed by atoms with Gasteiger partial charge in [-0.1, -0.05) is 0 Å². The molecule has 0 spiro atoms. The molecule has 2 fully saturated rings. The molecular formula is C18H27N5O3. The lowest BCUT2D eigenvalue weighted by atomic mass is 9.94. The van der Waals surface area contributed by atoms with Crippen LogP contribution in [0.5, 0.6) is 0 Å². The van der Waals surface area contributed by atoms with Gasteiger partial charge in [0, 0.05) is 51.0 Å². The quantitative estimate of drug-likeness (QED) is 0.824. The molecule has 3 rings (SSSR count). The van der Waals surface area contributed by atoms with Gasteiger partial charge in [-0.25, -0.2) is 9.97 Å². The standard InChI is InChI=1S/C18H27N5O3/c1-13-20-15(11-17(21-13)22-7-9-26-10-8-22)14-3-2-6-23(12-14)18(25)5-4-16(19)24/h11,14H,2-10,12H2,1H3,(H2,19,24). The highest BCUT2D eigenvalue weighted by Crippen LogP contribution is 2.28. The van der Waals surface area contributed by atoms with Gasteiger partial charge in [0.15, 0.2) is 0 Å². The van der Waals surface area contributed by atoms with Gasteiger partial charge in [0.05, 0.1) is 18.9 Å². The molecule has 3 heterocycles. The smallest absolute Gasteiger partial charge is 0.223 e. The Labute approximate surface area is 153 Å². The summed E-state index contributed by atoms with van der Waals surface area (Å²) in [6.07, 6.45) is 2.22. The number of carbonyl (C=O) groups is 2. The van der Waals surface area contributed by atoms with Crippen LogP contribution >= 0.6 is 0 Å². The summed E-state index contributed by atoms with van der Waals surface area (Å²) in [6.45, 7) is 6.36. The topological polar surface area (TPSA) is 102 Å². The highest BCUT2D eigenvalue weighted by atomic mass is 16.5. The Kier molecular flexibility index (Phi) is 6.03. The molecular weight excluding hydrogens is 334 g/mol. The van der Waals surface area contributed by atoms with Gasteiger partial charge >= 0.3 is 0 Å². The zero-order valence-corrected chi connectivity index (χ0v) is 15.3. The number of nitrogens with zero attached hydrogens (tertiary/aromatic N) is 4. The second-order valence-corrected chi connectivity index (χ2v) is 6.94. The molecule has 1 aromatic heterocycles. The van der Waals surface area contributed by atoms with Gasteiger partial charge in [-0.3, -0.25) is 9.59 Å². The predicted molar refractivity (Wildman–Crippen MR) is 96.8 cm³/mol. The van der Waals surface area contributed by atoms with Crippen molar-refractivity contribution in [2.45, 2.75) is 38.5 Å². The van der Waals surface area contributed by atoms with Crippen LogP contribution in [-0.4, -0.2) is 66.1 Å². The Hall–Kier alpha value is -2.22. The van der Waals surface area contributed by atoms with Crippen molar-refractivity contribution in [3.05, 3.63) is 17.6 Å². The molecule has 1 unspecified atom stereocenters. The fourth-order valence-corrected chi connectivity index (χ4v) is 3.57. The Morgan fingerprint density at radius 3 is 2.73 bits per heavy atom. The molecule has 1 aromatic rings. The fourth-order valence-electron chi connectivity index (χ4n) is 3.57. The molecule has 8 nitrogen and oxygen atoms in total. The Balaban J connectivity index is 1.70. The number of carbonyl (C=O) groups excluding carboxylic acids is 2. The highest BCUT2D eigenvalue weighted by molar-refractivity contribution is 5.83. The van der Waals surface area contributed by atoms with E-state index in [1.54, 1.807) is 0 Å². The van der Waals surface area contributed by atoms with Crippen LogP contribution in [0.1, 0.15) is 43.1 Å². The van der Waals surface area contributed by atoms with Crippen molar-refractivity contribution < 1.29 is 14.3 Å². The van der Waals surface area contributed by atoms with E-state index in [2.05, 4.69) is 20.9 Å². The molecule has 2 saturated heterocycles. The molecule has 0 saturated carbocycles. The summed E-state index contributed by atoms with van der Waals surface area (Å²) in [6, 6.07) is 2.06. The van der Waals surface area contributed by atoms with Gasteiger partial charge in [0.1, 0.15) is 11.6 Å². The number of amides is 2. The third kappa shape index (κ3) is 4.69. The average molecular weight is 361 g/mol. The Morgan fingerprint density at radius 2 is 2.00 bits per heavy atom. The minimum absolute atomic E-state index is 0.00678. The van der Waals surface area contributed by atoms with E-state index in [0.717, 1.165) is 49.8 Å². The van der Waals surface area contributed by atoms with Crippen LogP contribution < -0.4 is 10.6 Å². The summed E-state index contributed by atoms with van der Waals surface area (Å²) in [5.74, 6) is 1.44. The van der Waals surface area contributed by atoms with Crippen molar-refractivity contribution >= 4 is 17.6 Å². The van der Waals surface area contributed by atoms with Crippen molar-refractivity contribution in [2.75, 3.05) is 44.3 Å². The molecule has 2 amide bonds. The minimum atomic E-state index is -0.437. The zero-order valence-electron chi connectivity index (χ0n) is 15.3. The molecule has 142 valence electrons. The molecule has 0 aliphatic carbocycles. The fraction of sp³-hybridized carbons (Fsp3) is 0.667. The van der Waals surface area contributed by atoms with Gasteiger partial charge in [-0.2, -0.15) is 0 Å². The summed E-state index contributed by atoms with van der Waals surface area (Å²) in [5.41, 5.74) is 6.14. The van der Waals surface area contributed by atoms with Crippen LogP contribution in [0, 0.1) is 6.92 Å². The molecule has 0 bridgehead atoms. The molecule has 1 atom stereocenters. The summed E-state index contributed by atoms with van der Waals surface area (Å²) in [5, 5.41) is 0. The van der Waals surface area contributed by atoms with E-state index in [-0.39, 0.29) is 24.7 Å². The van der Waals surface area contributed by atoms with E-state index in [1.165, 1.54) is 0 Å². The molecule has 2 aliphatic rings. The number of ether oxygens (including phenoxy) is 1. The number of nitrogens with two attached hydrogens (primary N) is 1. The van der Waals surface area contributed by atoms with Crippen LogP contribution in [0.4, 0.5) is 5.82 Å². The van der Waals surface area contributed by atoms with Crippen LogP contribution in [0.2, 0.25) is 0 Å². The number of likely N-dealkylation sites (tertiary alicyclic amines) is 1. The summed E-state index contributed by atoms with van der Waals surface area (Å²) in [7, 11) is 0. The first-order valence-corrected chi connectivity index (χ1v) is 9.27. The van der Waals surface area contributed by atoms with Gasteiger partial charge < -0.3 is 20.3 Å². The number of morpholine rings is 1. The maximum absolute atomic E-state index is 12.3. The molecule has 26 heavy (non-hydrogen) atoms. The third-order valence-electron chi connectivity index (χ3n) is 4.96. The van der Waals surface area contributed by atoms with Gasteiger partial charge in [0.2, 0.25) is 11.8 Å². The Bertz CT molecular complexity index is 660. The maximum Gasteiger partial charge on any atom is 0.223 e.